The minimum absolute atomic E-state index is 0.269. The molecule has 2 rings (SSSR count). The molecule has 2 nitrogen and oxygen atoms in total. The van der Waals surface area contributed by atoms with Gasteiger partial charge in [0.05, 0.1) is 0 Å². The third kappa shape index (κ3) is 2.00. The smallest absolute Gasteiger partial charge is 0.184 e. The Morgan fingerprint density at radius 3 is 2.38 bits per heavy atom. The van der Waals surface area contributed by atoms with Crippen LogP contribution in [0, 0.1) is 0 Å². The molecule has 13 heavy (non-hydrogen) atoms. The highest BCUT2D eigenvalue weighted by Gasteiger charge is 1.99. The van der Waals surface area contributed by atoms with Crippen molar-refractivity contribution in [3.05, 3.63) is 42.5 Å². The maximum atomic E-state index is 9.07. The summed E-state index contributed by atoms with van der Waals surface area (Å²) < 4.78 is 5.46. The average molecular weight is 192 g/mol. The number of para-hydroxylation sites is 1. The first-order chi connectivity index (χ1) is 6.34. The van der Waals surface area contributed by atoms with E-state index in [0.29, 0.717) is 5.06 Å². The molecule has 0 fully saturated rings. The molecule has 0 radical (unpaired) electrons. The highest BCUT2D eigenvalue weighted by Crippen LogP contribution is 2.32. The number of thiophene rings is 1. The fourth-order valence-electron chi connectivity index (χ4n) is 0.970. The zero-order valence-electron chi connectivity index (χ0n) is 6.81. The zero-order valence-corrected chi connectivity index (χ0v) is 7.62. The van der Waals surface area contributed by atoms with Crippen LogP contribution in [0.25, 0.3) is 0 Å². The Bertz CT molecular complexity index is 381. The maximum absolute atomic E-state index is 9.07. The van der Waals surface area contributed by atoms with Gasteiger partial charge >= 0.3 is 0 Å². The van der Waals surface area contributed by atoms with Gasteiger partial charge in [-0.1, -0.05) is 29.5 Å². The van der Waals surface area contributed by atoms with Gasteiger partial charge in [0.1, 0.15) is 5.75 Å². The maximum Gasteiger partial charge on any atom is 0.184 e. The highest BCUT2D eigenvalue weighted by molar-refractivity contribution is 7.15. The van der Waals surface area contributed by atoms with Gasteiger partial charge in [0.2, 0.25) is 0 Å². The summed E-state index contributed by atoms with van der Waals surface area (Å²) in [5.74, 6) is 0.782. The number of aromatic hydroxyl groups is 1. The molecule has 1 N–H and O–H groups in total. The number of benzene rings is 1. The van der Waals surface area contributed by atoms with Crippen molar-refractivity contribution in [2.75, 3.05) is 0 Å². The summed E-state index contributed by atoms with van der Waals surface area (Å²) in [4.78, 5) is 0. The second-order valence-electron chi connectivity index (χ2n) is 2.51. The molecular formula is C10H8O2S. The van der Waals surface area contributed by atoms with Gasteiger partial charge in [0.25, 0.3) is 0 Å². The molecule has 0 aliphatic carbocycles. The van der Waals surface area contributed by atoms with Crippen LogP contribution in [0.1, 0.15) is 0 Å². The van der Waals surface area contributed by atoms with Crippen LogP contribution >= 0.6 is 11.3 Å². The van der Waals surface area contributed by atoms with Crippen molar-refractivity contribution in [1.29, 1.82) is 0 Å². The topological polar surface area (TPSA) is 29.5 Å². The Kier molecular flexibility index (Phi) is 2.19. The predicted molar refractivity (Wildman–Crippen MR) is 52.5 cm³/mol. The molecule has 0 aliphatic rings. The summed E-state index contributed by atoms with van der Waals surface area (Å²) in [6, 6.07) is 12.8. The van der Waals surface area contributed by atoms with Crippen LogP contribution in [-0.4, -0.2) is 5.11 Å². The summed E-state index contributed by atoms with van der Waals surface area (Å²) >= 11 is 1.22. The van der Waals surface area contributed by atoms with Crippen molar-refractivity contribution in [2.24, 2.45) is 0 Å². The molecule has 0 atom stereocenters. The number of rotatable bonds is 2. The van der Waals surface area contributed by atoms with E-state index >= 15 is 0 Å². The van der Waals surface area contributed by atoms with E-state index in [-0.39, 0.29) is 5.06 Å². The molecule has 1 aromatic carbocycles. The van der Waals surface area contributed by atoms with E-state index in [9.17, 15) is 0 Å². The third-order valence-corrected chi connectivity index (χ3v) is 2.29. The van der Waals surface area contributed by atoms with Crippen LogP contribution in [0.15, 0.2) is 42.5 Å². The molecule has 0 unspecified atom stereocenters. The van der Waals surface area contributed by atoms with Crippen molar-refractivity contribution in [3.8, 4) is 15.9 Å². The second-order valence-corrected chi connectivity index (χ2v) is 3.53. The summed E-state index contributed by atoms with van der Waals surface area (Å²) in [6.45, 7) is 0. The number of hydrogen-bond acceptors (Lipinski definition) is 3. The Morgan fingerprint density at radius 1 is 1.00 bits per heavy atom. The van der Waals surface area contributed by atoms with Crippen LogP contribution < -0.4 is 4.74 Å². The first kappa shape index (κ1) is 8.13. The van der Waals surface area contributed by atoms with Crippen molar-refractivity contribution in [2.45, 2.75) is 0 Å². The lowest BCUT2D eigenvalue weighted by Gasteiger charge is -2.00. The SMILES string of the molecule is Oc1ccc(Oc2ccccc2)s1. The van der Waals surface area contributed by atoms with Crippen LogP contribution in [0.5, 0.6) is 15.9 Å². The van der Waals surface area contributed by atoms with Crippen molar-refractivity contribution in [3.63, 3.8) is 0 Å². The first-order valence-electron chi connectivity index (χ1n) is 3.86. The Morgan fingerprint density at radius 2 is 1.77 bits per heavy atom. The molecule has 66 valence electrons. The molecule has 2 aromatic rings. The average Bonchev–Trinajstić information content (AvgIpc) is 2.53. The fraction of sp³-hybridized carbons (Fsp3) is 0. The summed E-state index contributed by atoms with van der Waals surface area (Å²) in [7, 11) is 0. The van der Waals surface area contributed by atoms with E-state index in [0.717, 1.165) is 5.75 Å². The van der Waals surface area contributed by atoms with Crippen molar-refractivity contribution >= 4 is 11.3 Å². The largest absolute Gasteiger partial charge is 0.499 e. The summed E-state index contributed by atoms with van der Waals surface area (Å²) in [6.07, 6.45) is 0. The van der Waals surface area contributed by atoms with Crippen molar-refractivity contribution < 1.29 is 9.84 Å². The van der Waals surface area contributed by atoms with E-state index in [1.807, 2.05) is 30.3 Å². The molecule has 1 aromatic heterocycles. The lowest BCUT2D eigenvalue weighted by atomic mass is 10.3. The van der Waals surface area contributed by atoms with Crippen molar-refractivity contribution in [1.82, 2.24) is 0 Å². The van der Waals surface area contributed by atoms with Gasteiger partial charge < -0.3 is 9.84 Å². The van der Waals surface area contributed by atoms with Gasteiger partial charge in [0, 0.05) is 0 Å². The molecule has 0 amide bonds. The van der Waals surface area contributed by atoms with Crippen LogP contribution in [-0.2, 0) is 0 Å². The van der Waals surface area contributed by atoms with Crippen LogP contribution in [0.4, 0.5) is 0 Å². The highest BCUT2D eigenvalue weighted by atomic mass is 32.1. The second kappa shape index (κ2) is 3.49. The van der Waals surface area contributed by atoms with Gasteiger partial charge in [-0.25, -0.2) is 0 Å². The lowest BCUT2D eigenvalue weighted by Crippen LogP contribution is -1.77. The van der Waals surface area contributed by atoms with E-state index < -0.39 is 0 Å². The van der Waals surface area contributed by atoms with E-state index in [1.54, 1.807) is 12.1 Å². The standard InChI is InChI=1S/C10H8O2S/c11-9-6-7-10(13-9)12-8-4-2-1-3-5-8/h1-7,11H. The molecular weight excluding hydrogens is 184 g/mol. The molecule has 3 heteroatoms. The Hall–Kier alpha value is -1.48. The van der Waals surface area contributed by atoms with E-state index in [4.69, 9.17) is 9.84 Å². The number of ether oxygens (including phenoxy) is 1. The molecule has 0 saturated carbocycles. The minimum Gasteiger partial charge on any atom is -0.499 e. The third-order valence-electron chi connectivity index (χ3n) is 1.53. The van der Waals surface area contributed by atoms with Gasteiger partial charge in [0.15, 0.2) is 10.1 Å². The molecule has 0 bridgehead atoms. The zero-order chi connectivity index (χ0) is 9.10. The summed E-state index contributed by atoms with van der Waals surface area (Å²) in [5.41, 5.74) is 0. The van der Waals surface area contributed by atoms with Gasteiger partial charge in [-0.05, 0) is 24.3 Å². The normalized spacial score (nSPS) is 9.85. The minimum atomic E-state index is 0.269. The van der Waals surface area contributed by atoms with Gasteiger partial charge in [-0.15, -0.1) is 0 Å². The van der Waals surface area contributed by atoms with E-state index in [2.05, 4.69) is 0 Å². The first-order valence-corrected chi connectivity index (χ1v) is 4.68. The van der Waals surface area contributed by atoms with Gasteiger partial charge in [-0.3, -0.25) is 0 Å². The lowest BCUT2D eigenvalue weighted by molar-refractivity contribution is 0.490. The molecule has 0 aliphatic heterocycles. The van der Waals surface area contributed by atoms with E-state index in [1.165, 1.54) is 11.3 Å². The Balaban J connectivity index is 2.15. The monoisotopic (exact) mass is 192 g/mol. The quantitative estimate of drug-likeness (QED) is 0.791. The molecule has 0 spiro atoms. The predicted octanol–water partition coefficient (Wildman–Crippen LogP) is 3.25. The Labute approximate surface area is 80.0 Å². The molecule has 1 heterocycles. The van der Waals surface area contributed by atoms with Crippen LogP contribution in [0.2, 0.25) is 0 Å². The van der Waals surface area contributed by atoms with Crippen LogP contribution in [0.3, 0.4) is 0 Å². The molecule has 0 saturated heterocycles. The number of hydrogen-bond donors (Lipinski definition) is 1. The summed E-state index contributed by atoms with van der Waals surface area (Å²) in [5, 5.41) is 10.0. The van der Waals surface area contributed by atoms with Gasteiger partial charge in [-0.2, -0.15) is 0 Å². The fourth-order valence-corrected chi connectivity index (χ4v) is 1.59.